The van der Waals surface area contributed by atoms with Gasteiger partial charge in [0.2, 0.25) is 0 Å². The zero-order valence-corrected chi connectivity index (χ0v) is 8.62. The third-order valence-electron chi connectivity index (χ3n) is 1.51. The molecule has 1 heterocycles. The van der Waals surface area contributed by atoms with E-state index >= 15 is 0 Å². The van der Waals surface area contributed by atoms with Gasteiger partial charge in [-0.1, -0.05) is 22.3 Å². The number of hydrogen-bond acceptors (Lipinski definition) is 2. The molecule has 1 aromatic heterocycles. The van der Waals surface area contributed by atoms with E-state index in [1.54, 1.807) is 6.20 Å². The first kappa shape index (κ1) is 9.71. The molecule has 0 aromatic carbocycles. The third-order valence-corrected chi connectivity index (χ3v) is 3.15. The van der Waals surface area contributed by atoms with Gasteiger partial charge in [0.15, 0.2) is 0 Å². The number of hydrogen-bond donors (Lipinski definition) is 1. The van der Waals surface area contributed by atoms with Crippen LogP contribution in [0.25, 0.3) is 0 Å². The minimum atomic E-state index is -0.334. The largest absolute Gasteiger partial charge is 0.280 e. The summed E-state index contributed by atoms with van der Waals surface area (Å²) in [6, 6.07) is 1.87. The molecule has 0 radical (unpaired) electrons. The lowest BCUT2D eigenvalue weighted by Gasteiger charge is -2.05. The molecule has 0 spiro atoms. The molecule has 0 fully saturated rings. The van der Waals surface area contributed by atoms with Crippen LogP contribution in [0.5, 0.6) is 0 Å². The molecule has 0 aliphatic carbocycles. The molecular formula is C8H11ClN2S. The second-order valence-electron chi connectivity index (χ2n) is 2.34. The molecule has 0 saturated heterocycles. The summed E-state index contributed by atoms with van der Waals surface area (Å²) in [5, 5.41) is 8.42. The van der Waals surface area contributed by atoms with E-state index in [4.69, 9.17) is 16.7 Å². The topological polar surface area (TPSA) is 38.9 Å². The van der Waals surface area contributed by atoms with Crippen molar-refractivity contribution in [3.05, 3.63) is 23.0 Å². The smallest absolute Gasteiger partial charge is 0.0600 e. The number of nitrogens with two attached hydrogens (primary N) is 1. The Labute approximate surface area is 79.8 Å². The molecule has 1 rings (SSSR count). The predicted molar refractivity (Wildman–Crippen MR) is 55.8 cm³/mol. The van der Waals surface area contributed by atoms with Gasteiger partial charge in [0, 0.05) is 11.1 Å². The lowest BCUT2D eigenvalue weighted by atomic mass is 10.4. The number of rotatable bonds is 1. The highest BCUT2D eigenvalue weighted by atomic mass is 35.5. The van der Waals surface area contributed by atoms with Crippen molar-refractivity contribution in [1.29, 1.82) is 0 Å². The van der Waals surface area contributed by atoms with Gasteiger partial charge in [-0.2, -0.15) is 0 Å². The van der Waals surface area contributed by atoms with Crippen LogP contribution < -0.4 is 5.14 Å². The first-order valence-electron chi connectivity index (χ1n) is 3.54. The van der Waals surface area contributed by atoms with Crippen molar-refractivity contribution in [2.24, 2.45) is 5.14 Å². The van der Waals surface area contributed by atoms with Crippen molar-refractivity contribution in [3.8, 4) is 0 Å². The summed E-state index contributed by atoms with van der Waals surface area (Å²) in [4.78, 5) is 5.14. The quantitative estimate of drug-likeness (QED) is 0.711. The molecule has 0 aliphatic heterocycles. The summed E-state index contributed by atoms with van der Waals surface area (Å²) >= 11 is 5.79. The molecule has 1 atom stereocenters. The van der Waals surface area contributed by atoms with Gasteiger partial charge in [-0.15, -0.1) is 0 Å². The van der Waals surface area contributed by atoms with Crippen LogP contribution in [0, 0.1) is 6.92 Å². The van der Waals surface area contributed by atoms with Crippen LogP contribution >= 0.6 is 22.3 Å². The number of nitrogens with zero attached hydrogens (tertiary/aromatic N) is 1. The molecule has 2 N–H and O–H groups in total. The fourth-order valence-electron chi connectivity index (χ4n) is 0.855. The fourth-order valence-corrected chi connectivity index (χ4v) is 1.99. The molecule has 4 heteroatoms. The second-order valence-corrected chi connectivity index (χ2v) is 4.44. The van der Waals surface area contributed by atoms with Gasteiger partial charge in [-0.25, -0.2) is 0 Å². The van der Waals surface area contributed by atoms with E-state index in [1.165, 1.54) is 0 Å². The van der Waals surface area contributed by atoms with E-state index in [0.29, 0.717) is 5.02 Å². The first-order valence-corrected chi connectivity index (χ1v) is 5.27. The van der Waals surface area contributed by atoms with Crippen LogP contribution in [-0.4, -0.2) is 10.4 Å². The Balaban J connectivity index is 3.23. The molecule has 0 bridgehead atoms. The zero-order chi connectivity index (χ0) is 9.14. The van der Waals surface area contributed by atoms with Crippen LogP contribution in [0.2, 0.25) is 5.02 Å². The summed E-state index contributed by atoms with van der Waals surface area (Å²) in [5.74, 6) is 0. The number of pyridine rings is 1. The van der Waals surface area contributed by atoms with E-state index in [1.807, 2.05) is 25.3 Å². The number of halogens is 1. The molecule has 2 nitrogen and oxygen atoms in total. The van der Waals surface area contributed by atoms with Crippen molar-refractivity contribution in [3.63, 3.8) is 0 Å². The maximum absolute atomic E-state index is 5.84. The molecular weight excluding hydrogens is 192 g/mol. The van der Waals surface area contributed by atoms with Crippen molar-refractivity contribution in [2.45, 2.75) is 18.7 Å². The summed E-state index contributed by atoms with van der Waals surface area (Å²) in [6.07, 6.45) is 1.63. The monoisotopic (exact) mass is 202 g/mol. The highest BCUT2D eigenvalue weighted by Gasteiger charge is 2.00. The van der Waals surface area contributed by atoms with Crippen molar-refractivity contribution >= 4 is 27.6 Å². The van der Waals surface area contributed by atoms with Crippen molar-refractivity contribution in [1.82, 2.24) is 4.98 Å². The summed E-state index contributed by atoms with van der Waals surface area (Å²) in [5.41, 5.74) is 0.948. The van der Waals surface area contributed by atoms with Gasteiger partial charge in [-0.3, -0.25) is 10.1 Å². The number of aryl methyl sites for hydroxylation is 1. The Morgan fingerprint density at radius 1 is 1.67 bits per heavy atom. The summed E-state index contributed by atoms with van der Waals surface area (Å²) in [6.45, 7) is 3.87. The van der Waals surface area contributed by atoms with Gasteiger partial charge in [-0.05, 0) is 25.3 Å². The first-order chi connectivity index (χ1) is 5.65. The Hall–Kier alpha value is -0.380. The molecule has 0 saturated carbocycles. The van der Waals surface area contributed by atoms with Gasteiger partial charge in [0.1, 0.15) is 0 Å². The predicted octanol–water partition coefficient (Wildman–Crippen LogP) is 2.37. The van der Waals surface area contributed by atoms with Crippen molar-refractivity contribution < 1.29 is 0 Å². The second kappa shape index (κ2) is 4.03. The van der Waals surface area contributed by atoms with Gasteiger partial charge < -0.3 is 0 Å². The van der Waals surface area contributed by atoms with Crippen molar-refractivity contribution in [2.75, 3.05) is 0 Å². The molecule has 0 amide bonds. The average molecular weight is 203 g/mol. The van der Waals surface area contributed by atoms with Gasteiger partial charge in [0.25, 0.3) is 0 Å². The fraction of sp³-hybridized carbons (Fsp3) is 0.250. The maximum Gasteiger partial charge on any atom is 0.0600 e. The van der Waals surface area contributed by atoms with Crippen LogP contribution in [-0.2, 0) is 0 Å². The molecule has 0 aliphatic rings. The maximum atomic E-state index is 5.84. The van der Waals surface area contributed by atoms with Crippen LogP contribution in [0.1, 0.15) is 12.6 Å². The third kappa shape index (κ3) is 2.06. The lowest BCUT2D eigenvalue weighted by molar-refractivity contribution is 1.11. The normalized spacial score (nSPS) is 13.3. The average Bonchev–Trinajstić information content (AvgIpc) is 2.08. The summed E-state index contributed by atoms with van der Waals surface area (Å²) in [7, 11) is -0.334. The van der Waals surface area contributed by atoms with Gasteiger partial charge in [0.05, 0.1) is 10.7 Å². The van der Waals surface area contributed by atoms with E-state index in [9.17, 15) is 0 Å². The zero-order valence-electron chi connectivity index (χ0n) is 7.04. The highest BCUT2D eigenvalue weighted by Crippen LogP contribution is 2.24. The Morgan fingerprint density at radius 2 is 2.33 bits per heavy atom. The minimum absolute atomic E-state index is 0.334. The van der Waals surface area contributed by atoms with Gasteiger partial charge >= 0.3 is 0 Å². The molecule has 12 heavy (non-hydrogen) atoms. The van der Waals surface area contributed by atoms with E-state index in [2.05, 4.69) is 4.98 Å². The lowest BCUT2D eigenvalue weighted by Crippen LogP contribution is -1.93. The number of aromatic nitrogens is 1. The van der Waals surface area contributed by atoms with Crippen LogP contribution in [0.15, 0.2) is 17.2 Å². The Bertz CT molecular complexity index is 323. The SMILES string of the molecule is C/C=S(\N)c1cc(Cl)cnc1C. The Morgan fingerprint density at radius 3 is 2.92 bits per heavy atom. The van der Waals surface area contributed by atoms with E-state index in [0.717, 1.165) is 10.6 Å². The standard InChI is InChI=1S/C8H11ClN2S/c1-3-12(10)8-4-7(9)5-11-6(8)2/h3-5H,10H2,1-2H3. The molecule has 1 unspecified atom stereocenters. The molecule has 1 aromatic rings. The Kier molecular flexibility index (Phi) is 3.26. The minimum Gasteiger partial charge on any atom is -0.280 e. The van der Waals surface area contributed by atoms with Crippen LogP contribution in [0.3, 0.4) is 0 Å². The molecule has 66 valence electrons. The highest BCUT2D eigenvalue weighted by molar-refractivity contribution is 8.13. The van der Waals surface area contributed by atoms with E-state index in [-0.39, 0.29) is 10.7 Å². The van der Waals surface area contributed by atoms with Crippen LogP contribution in [0.4, 0.5) is 0 Å². The summed E-state index contributed by atoms with van der Waals surface area (Å²) < 4.78 is 0. The van der Waals surface area contributed by atoms with E-state index < -0.39 is 0 Å².